The molecule has 0 spiro atoms. The third kappa shape index (κ3) is 2.72. The predicted octanol–water partition coefficient (Wildman–Crippen LogP) is 3.35. The normalized spacial score (nSPS) is 16.4. The molecule has 1 aromatic carbocycles. The van der Waals surface area contributed by atoms with Crippen LogP contribution in [0.25, 0.3) is 0 Å². The molecule has 2 heterocycles. The van der Waals surface area contributed by atoms with Gasteiger partial charge < -0.3 is 9.47 Å². The van der Waals surface area contributed by atoms with Crippen LogP contribution in [0.1, 0.15) is 22.7 Å². The first-order valence-corrected chi connectivity index (χ1v) is 6.82. The molecular formula is C16H17N3O2. The zero-order valence-corrected chi connectivity index (χ0v) is 12.1. The maximum Gasteiger partial charge on any atom is 0.161 e. The fraction of sp³-hybridized carbons (Fsp3) is 0.312. The molecule has 1 aliphatic rings. The lowest BCUT2D eigenvalue weighted by atomic mass is 9.94. The molecule has 1 unspecified atom stereocenters. The van der Waals surface area contributed by atoms with Crippen molar-refractivity contribution in [3.63, 3.8) is 0 Å². The van der Waals surface area contributed by atoms with E-state index in [4.69, 9.17) is 9.47 Å². The molecule has 0 amide bonds. The summed E-state index contributed by atoms with van der Waals surface area (Å²) in [4.78, 5) is 4.04. The third-order valence-electron chi connectivity index (χ3n) is 3.64. The van der Waals surface area contributed by atoms with Gasteiger partial charge in [-0.15, -0.1) is 0 Å². The van der Waals surface area contributed by atoms with Gasteiger partial charge >= 0.3 is 0 Å². The number of hydrogen-bond donors (Lipinski definition) is 0. The van der Waals surface area contributed by atoms with E-state index in [2.05, 4.69) is 15.2 Å². The van der Waals surface area contributed by atoms with Gasteiger partial charge in [-0.05, 0) is 41.0 Å². The minimum absolute atomic E-state index is 0.0101. The van der Waals surface area contributed by atoms with Crippen LogP contribution in [-0.4, -0.2) is 19.2 Å². The highest BCUT2D eigenvalue weighted by Crippen LogP contribution is 2.38. The topological polar surface area (TPSA) is 56.1 Å². The van der Waals surface area contributed by atoms with Crippen LogP contribution in [0.3, 0.4) is 0 Å². The van der Waals surface area contributed by atoms with Gasteiger partial charge in [-0.1, -0.05) is 0 Å². The summed E-state index contributed by atoms with van der Waals surface area (Å²) in [7, 11) is 3.29. The third-order valence-corrected chi connectivity index (χ3v) is 3.64. The Labute approximate surface area is 123 Å². The molecule has 21 heavy (non-hydrogen) atoms. The number of methoxy groups -OCH3 is 2. The molecular weight excluding hydrogens is 266 g/mol. The molecule has 1 aliphatic heterocycles. The number of nitrogens with zero attached hydrogens (tertiary/aromatic N) is 3. The molecule has 0 bridgehead atoms. The predicted molar refractivity (Wildman–Crippen MR) is 78.8 cm³/mol. The highest BCUT2D eigenvalue weighted by Gasteiger charge is 2.22. The Morgan fingerprint density at radius 2 is 1.81 bits per heavy atom. The molecule has 5 nitrogen and oxygen atoms in total. The van der Waals surface area contributed by atoms with Crippen LogP contribution in [-0.2, 0) is 13.0 Å². The van der Waals surface area contributed by atoms with Crippen LogP contribution < -0.4 is 9.47 Å². The van der Waals surface area contributed by atoms with Crippen LogP contribution in [0.2, 0.25) is 0 Å². The van der Waals surface area contributed by atoms with E-state index in [1.54, 1.807) is 26.6 Å². The van der Waals surface area contributed by atoms with Crippen molar-refractivity contribution in [2.45, 2.75) is 19.0 Å². The van der Waals surface area contributed by atoms with Crippen molar-refractivity contribution in [3.05, 3.63) is 53.3 Å². The Morgan fingerprint density at radius 1 is 1.10 bits per heavy atom. The monoisotopic (exact) mass is 283 g/mol. The van der Waals surface area contributed by atoms with Crippen molar-refractivity contribution >= 4 is 0 Å². The summed E-state index contributed by atoms with van der Waals surface area (Å²) in [5, 5.41) is 8.65. The Morgan fingerprint density at radius 3 is 2.52 bits per heavy atom. The maximum atomic E-state index is 5.39. The standard InChI is InChI=1S/C16H17N3O2/c1-20-15-8-12-10-18-19-14(13(12)9-16(15)21-2)7-11-3-5-17-6-4-11/h3-6,8-9,14H,7,10H2,1-2H3. The fourth-order valence-electron chi connectivity index (χ4n) is 2.55. The van der Waals surface area contributed by atoms with Gasteiger partial charge in [0.1, 0.15) is 6.04 Å². The second kappa shape index (κ2) is 5.91. The fourth-order valence-corrected chi connectivity index (χ4v) is 2.55. The summed E-state index contributed by atoms with van der Waals surface area (Å²) in [6.07, 6.45) is 4.39. The second-order valence-corrected chi connectivity index (χ2v) is 4.90. The van der Waals surface area contributed by atoms with E-state index >= 15 is 0 Å². The highest BCUT2D eigenvalue weighted by molar-refractivity contribution is 5.49. The van der Waals surface area contributed by atoms with E-state index < -0.39 is 0 Å². The molecule has 3 rings (SSSR count). The van der Waals surface area contributed by atoms with E-state index in [-0.39, 0.29) is 6.04 Å². The average Bonchev–Trinajstić information content (AvgIpc) is 2.55. The van der Waals surface area contributed by atoms with E-state index in [9.17, 15) is 0 Å². The number of azo groups is 1. The van der Waals surface area contributed by atoms with Crippen LogP contribution in [0, 0.1) is 0 Å². The number of rotatable bonds is 4. The first-order chi connectivity index (χ1) is 10.3. The van der Waals surface area contributed by atoms with Crippen molar-refractivity contribution in [1.82, 2.24) is 4.98 Å². The maximum absolute atomic E-state index is 5.39. The quantitative estimate of drug-likeness (QED) is 0.864. The van der Waals surface area contributed by atoms with E-state index in [0.717, 1.165) is 29.0 Å². The molecule has 0 radical (unpaired) electrons. The summed E-state index contributed by atoms with van der Waals surface area (Å²) < 4.78 is 10.7. The minimum Gasteiger partial charge on any atom is -0.493 e. The van der Waals surface area contributed by atoms with Gasteiger partial charge in [0, 0.05) is 18.8 Å². The van der Waals surface area contributed by atoms with Crippen molar-refractivity contribution in [1.29, 1.82) is 0 Å². The number of fused-ring (bicyclic) bond motifs is 1. The second-order valence-electron chi connectivity index (χ2n) is 4.90. The lowest BCUT2D eigenvalue weighted by Crippen LogP contribution is -2.08. The van der Waals surface area contributed by atoms with Gasteiger partial charge in [-0.2, -0.15) is 10.2 Å². The Hall–Kier alpha value is -2.43. The van der Waals surface area contributed by atoms with Crippen molar-refractivity contribution in [3.8, 4) is 11.5 Å². The Balaban J connectivity index is 1.95. The molecule has 108 valence electrons. The van der Waals surface area contributed by atoms with Crippen molar-refractivity contribution < 1.29 is 9.47 Å². The summed E-state index contributed by atoms with van der Waals surface area (Å²) in [6.45, 7) is 0.586. The Kier molecular flexibility index (Phi) is 3.81. The van der Waals surface area contributed by atoms with Gasteiger partial charge in [-0.3, -0.25) is 4.98 Å². The SMILES string of the molecule is COc1cc2c(cc1OC)C(Cc1ccncc1)N=NC2. The van der Waals surface area contributed by atoms with Gasteiger partial charge in [0.05, 0.1) is 20.8 Å². The van der Waals surface area contributed by atoms with Crippen LogP contribution in [0.5, 0.6) is 11.5 Å². The number of benzene rings is 1. The highest BCUT2D eigenvalue weighted by atomic mass is 16.5. The lowest BCUT2D eigenvalue weighted by Gasteiger charge is -2.21. The molecule has 1 aromatic heterocycles. The zero-order chi connectivity index (χ0) is 14.7. The van der Waals surface area contributed by atoms with Crippen LogP contribution in [0.15, 0.2) is 46.9 Å². The average molecular weight is 283 g/mol. The first-order valence-electron chi connectivity index (χ1n) is 6.82. The Bertz CT molecular complexity index is 656. The molecule has 2 aromatic rings. The molecule has 5 heteroatoms. The summed E-state index contributed by atoms with van der Waals surface area (Å²) in [5.41, 5.74) is 3.48. The van der Waals surface area contributed by atoms with Gasteiger partial charge in [0.25, 0.3) is 0 Å². The van der Waals surface area contributed by atoms with Crippen molar-refractivity contribution in [2.75, 3.05) is 14.2 Å². The number of hydrogen-bond acceptors (Lipinski definition) is 5. The molecule has 0 N–H and O–H groups in total. The summed E-state index contributed by atoms with van der Waals surface area (Å²) in [5.74, 6) is 1.46. The summed E-state index contributed by atoms with van der Waals surface area (Å²) in [6, 6.07) is 8.02. The summed E-state index contributed by atoms with van der Waals surface area (Å²) >= 11 is 0. The first kappa shape index (κ1) is 13.5. The number of aromatic nitrogens is 1. The molecule has 1 atom stereocenters. The van der Waals surface area contributed by atoms with Crippen LogP contribution >= 0.6 is 0 Å². The van der Waals surface area contributed by atoms with E-state index in [1.165, 1.54) is 5.56 Å². The lowest BCUT2D eigenvalue weighted by molar-refractivity contribution is 0.353. The van der Waals surface area contributed by atoms with Crippen LogP contribution in [0.4, 0.5) is 0 Å². The smallest absolute Gasteiger partial charge is 0.161 e. The number of ether oxygens (including phenoxy) is 2. The van der Waals surface area contributed by atoms with Gasteiger partial charge in [0.2, 0.25) is 0 Å². The molecule has 0 saturated heterocycles. The van der Waals surface area contributed by atoms with E-state index in [1.807, 2.05) is 24.3 Å². The zero-order valence-electron chi connectivity index (χ0n) is 12.1. The molecule has 0 aliphatic carbocycles. The minimum atomic E-state index is 0.0101. The molecule has 0 fully saturated rings. The van der Waals surface area contributed by atoms with Crippen molar-refractivity contribution in [2.24, 2.45) is 10.2 Å². The largest absolute Gasteiger partial charge is 0.493 e. The molecule has 0 saturated carbocycles. The van der Waals surface area contributed by atoms with E-state index in [0.29, 0.717) is 6.54 Å². The number of pyridine rings is 1. The van der Waals surface area contributed by atoms with Gasteiger partial charge in [0.15, 0.2) is 11.5 Å². The van der Waals surface area contributed by atoms with Gasteiger partial charge in [-0.25, -0.2) is 0 Å².